The van der Waals surface area contributed by atoms with Crippen LogP contribution in [0.1, 0.15) is 34.3 Å². The predicted molar refractivity (Wildman–Crippen MR) is 239 cm³/mol. The van der Waals surface area contributed by atoms with Crippen LogP contribution in [-0.2, 0) is 9.47 Å². The first-order chi connectivity index (χ1) is 24.8. The Morgan fingerprint density at radius 3 is 1.04 bits per heavy atom. The third kappa shape index (κ3) is 16.1. The van der Waals surface area contributed by atoms with Crippen molar-refractivity contribution < 1.29 is 49.9 Å². The van der Waals surface area contributed by atoms with Crippen molar-refractivity contribution in [2.45, 2.75) is 90.6 Å². The summed E-state index contributed by atoms with van der Waals surface area (Å²) >= 11 is 0. The average molecular weight is 930 g/mol. The first-order valence-corrected chi connectivity index (χ1v) is 32.4. The number of rotatable bonds is 10. The number of ether oxygens (including phenoxy) is 2. The van der Waals surface area contributed by atoms with Gasteiger partial charge in [-0.25, -0.2) is 9.98 Å². The fourth-order valence-electron chi connectivity index (χ4n) is 6.38. The third-order valence-electron chi connectivity index (χ3n) is 7.52. The second-order valence-corrected chi connectivity index (χ2v) is 36.6. The Kier molecular flexibility index (Phi) is 17.3. The SMILES string of the molecule is C[Si](C)(C)[N-][Si](C)(C)C.C[Si](C)(C)[N-][Si](C)(C)C.[Sm+3].c1ccc([C@@H]2COC(c3ccccc3[N-]c3ccccc3C3=N[C@H](c4ccccc4)CO3)=N2)cc1. The molecule has 6 rings (SSSR count). The molecule has 0 fully saturated rings. The van der Waals surface area contributed by atoms with Crippen LogP contribution in [0.4, 0.5) is 11.4 Å². The second kappa shape index (κ2) is 20.3. The molecule has 12 heteroatoms. The largest absolute Gasteiger partial charge is 3.00 e. The van der Waals surface area contributed by atoms with Gasteiger partial charge in [-0.15, -0.1) is 11.4 Å². The zero-order chi connectivity index (χ0) is 38.9. The molecule has 0 unspecified atom stereocenters. The Labute approximate surface area is 362 Å². The minimum atomic E-state index is -1.11. The number of benzene rings is 4. The molecule has 2 aliphatic rings. The Morgan fingerprint density at radius 2 is 0.741 bits per heavy atom. The predicted octanol–water partition coefficient (Wildman–Crippen LogP) is 13.1. The van der Waals surface area contributed by atoms with E-state index in [0.29, 0.717) is 25.0 Å². The molecule has 0 saturated heterocycles. The van der Waals surface area contributed by atoms with Crippen LogP contribution in [0.5, 0.6) is 0 Å². The first kappa shape index (κ1) is 46.1. The minimum absolute atomic E-state index is 0. The molecule has 0 amide bonds. The summed E-state index contributed by atoms with van der Waals surface area (Å²) in [6.45, 7) is 28.6. The van der Waals surface area contributed by atoms with E-state index in [2.05, 4.69) is 103 Å². The van der Waals surface area contributed by atoms with Crippen LogP contribution in [0.15, 0.2) is 119 Å². The van der Waals surface area contributed by atoms with Crippen molar-refractivity contribution in [2.24, 2.45) is 9.98 Å². The van der Waals surface area contributed by atoms with Gasteiger partial charge in [0, 0.05) is 11.1 Å². The van der Waals surface area contributed by atoms with Crippen molar-refractivity contribution in [1.82, 2.24) is 0 Å². The van der Waals surface area contributed by atoms with E-state index in [1.807, 2.05) is 84.9 Å². The molecule has 2 heterocycles. The minimum Gasteiger partial charge on any atom is -0.668 e. The smallest absolute Gasteiger partial charge is 0.668 e. The van der Waals surface area contributed by atoms with Crippen molar-refractivity contribution in [2.75, 3.05) is 13.2 Å². The Balaban J connectivity index is 0.000000345. The van der Waals surface area contributed by atoms with E-state index < -0.39 is 32.9 Å². The number of hydrogen-bond acceptors (Lipinski definition) is 4. The molecular weight excluding hydrogens is 869 g/mol. The number of hydrogen-bond donors (Lipinski definition) is 0. The zero-order valence-corrected chi connectivity index (χ0v) is 41.0. The molecule has 0 N–H and O–H groups in total. The number of nitrogens with zero attached hydrogens (tertiary/aromatic N) is 5. The summed E-state index contributed by atoms with van der Waals surface area (Å²) in [5.41, 5.74) is 5.63. The van der Waals surface area contributed by atoms with Gasteiger partial charge in [-0.2, -0.15) is 0 Å². The molecular formula is C42H60N5O2Si4Sm. The van der Waals surface area contributed by atoms with E-state index in [4.69, 9.17) is 34.1 Å². The van der Waals surface area contributed by atoms with Gasteiger partial charge >= 0.3 is 40.4 Å². The first-order valence-electron chi connectivity index (χ1n) is 18.7. The van der Waals surface area contributed by atoms with Crippen molar-refractivity contribution in [3.05, 3.63) is 146 Å². The average Bonchev–Trinajstić information content (AvgIpc) is 3.75. The van der Waals surface area contributed by atoms with Gasteiger partial charge in [-0.1, -0.05) is 221 Å². The molecule has 287 valence electrons. The van der Waals surface area contributed by atoms with Crippen LogP contribution in [-0.4, -0.2) is 58.0 Å². The summed E-state index contributed by atoms with van der Waals surface area (Å²) in [4.78, 5) is 9.72. The van der Waals surface area contributed by atoms with Gasteiger partial charge in [0.25, 0.3) is 0 Å². The Bertz CT molecular complexity index is 1660. The van der Waals surface area contributed by atoms with Gasteiger partial charge in [0.15, 0.2) is 0 Å². The standard InChI is InChI=1S/C30H24N3O2.2C6H18NSi2.Sm/c1-3-11-21(12-4-1)27-19-34-29(32-27)23-15-7-9-17-25(23)31-26-18-10-8-16-24(26)30-33-28(20-35-30)22-13-5-2-6-14-22;2*1-8(2,3)7-9(4,5)6;/h1-18,27-28H,19-20H2;2*1-6H3;/q3*-1;+3/t27-,28-;;;/m0.../s1. The molecule has 0 aromatic heterocycles. The van der Waals surface area contributed by atoms with E-state index in [1.165, 1.54) is 0 Å². The fraction of sp³-hybridized carbons (Fsp3) is 0.381. The number of para-hydroxylation sites is 2. The van der Waals surface area contributed by atoms with E-state index >= 15 is 0 Å². The molecule has 4 aromatic rings. The summed E-state index contributed by atoms with van der Waals surface area (Å²) in [7, 11) is -4.42. The maximum Gasteiger partial charge on any atom is 3.00 e. The second-order valence-electron chi connectivity index (χ2n) is 17.4. The van der Waals surface area contributed by atoms with Crippen LogP contribution in [0.2, 0.25) is 78.6 Å². The molecule has 54 heavy (non-hydrogen) atoms. The normalized spacial score (nSPS) is 16.9. The van der Waals surface area contributed by atoms with E-state index in [0.717, 1.165) is 33.6 Å². The molecule has 1 radical (unpaired) electrons. The summed E-state index contributed by atoms with van der Waals surface area (Å²) in [6.07, 6.45) is 0. The van der Waals surface area contributed by atoms with Crippen LogP contribution in [0.3, 0.4) is 0 Å². The Hall–Kier alpha value is -2.25. The van der Waals surface area contributed by atoms with E-state index in [1.54, 1.807) is 0 Å². The summed E-state index contributed by atoms with van der Waals surface area (Å²) < 4.78 is 21.7. The molecule has 0 aliphatic carbocycles. The van der Waals surface area contributed by atoms with Crippen LogP contribution in [0, 0.1) is 40.4 Å². The van der Waals surface area contributed by atoms with Crippen molar-refractivity contribution >= 4 is 56.1 Å². The van der Waals surface area contributed by atoms with Crippen LogP contribution < -0.4 is 0 Å². The zero-order valence-electron chi connectivity index (χ0n) is 34.4. The van der Waals surface area contributed by atoms with Crippen molar-refractivity contribution in [3.8, 4) is 0 Å². The van der Waals surface area contributed by atoms with Gasteiger partial charge in [-0.3, -0.25) is 0 Å². The summed E-state index contributed by atoms with van der Waals surface area (Å²) in [5, 5.41) is 5.00. The summed E-state index contributed by atoms with van der Waals surface area (Å²) in [6, 6.07) is 36.3. The number of aliphatic imine (C=N–C) groups is 2. The molecule has 0 bridgehead atoms. The van der Waals surface area contributed by atoms with Crippen molar-refractivity contribution in [3.63, 3.8) is 0 Å². The van der Waals surface area contributed by atoms with Gasteiger partial charge in [0.2, 0.25) is 11.8 Å². The van der Waals surface area contributed by atoms with Crippen LogP contribution >= 0.6 is 0 Å². The van der Waals surface area contributed by atoms with Gasteiger partial charge in [0.1, 0.15) is 25.3 Å². The van der Waals surface area contributed by atoms with Crippen molar-refractivity contribution in [1.29, 1.82) is 0 Å². The van der Waals surface area contributed by atoms with Gasteiger partial charge in [-0.05, 0) is 11.1 Å². The monoisotopic (exact) mass is 930 g/mol. The van der Waals surface area contributed by atoms with E-state index in [-0.39, 0.29) is 52.5 Å². The van der Waals surface area contributed by atoms with Gasteiger partial charge in [0.05, 0.1) is 0 Å². The molecule has 0 spiro atoms. The fourth-order valence-corrected chi connectivity index (χ4v) is 22.5. The molecule has 2 atom stereocenters. The maximum absolute atomic E-state index is 6.02. The Morgan fingerprint density at radius 1 is 0.444 bits per heavy atom. The maximum atomic E-state index is 6.02. The van der Waals surface area contributed by atoms with E-state index in [9.17, 15) is 0 Å². The molecule has 7 nitrogen and oxygen atoms in total. The topological polar surface area (TPSA) is 85.5 Å². The quantitative estimate of drug-likeness (QED) is 0.148. The molecule has 4 aromatic carbocycles. The van der Waals surface area contributed by atoms with Gasteiger partial charge < -0.3 is 24.1 Å². The third-order valence-corrected chi connectivity index (χ3v) is 18.3. The molecule has 0 saturated carbocycles. The van der Waals surface area contributed by atoms with Crippen LogP contribution in [0.25, 0.3) is 14.6 Å². The molecule has 2 aliphatic heterocycles. The summed E-state index contributed by atoms with van der Waals surface area (Å²) in [5.74, 6) is 1.24.